The van der Waals surface area contributed by atoms with Gasteiger partial charge in [-0.2, -0.15) is 5.10 Å². The Bertz CT molecular complexity index is 505. The van der Waals surface area contributed by atoms with Gasteiger partial charge in [-0.25, -0.2) is 0 Å². The maximum atomic E-state index is 12.1. The monoisotopic (exact) mass is 244 g/mol. The van der Waals surface area contributed by atoms with Gasteiger partial charge in [0.2, 0.25) is 5.91 Å². The Morgan fingerprint density at radius 1 is 1.39 bits per heavy atom. The SMILES string of the molecule is CC(N)(C(=O)NCc1ccn[nH]1)c1ccccc1. The molecule has 0 aliphatic carbocycles. The van der Waals surface area contributed by atoms with Gasteiger partial charge in [-0.3, -0.25) is 9.89 Å². The van der Waals surface area contributed by atoms with Crippen molar-refractivity contribution in [2.24, 2.45) is 5.73 Å². The number of rotatable bonds is 4. The Morgan fingerprint density at radius 2 is 2.11 bits per heavy atom. The molecule has 5 nitrogen and oxygen atoms in total. The summed E-state index contributed by atoms with van der Waals surface area (Å²) in [6.07, 6.45) is 1.64. The summed E-state index contributed by atoms with van der Waals surface area (Å²) in [5.74, 6) is -0.219. The minimum Gasteiger partial charge on any atom is -0.349 e. The van der Waals surface area contributed by atoms with Crippen LogP contribution in [0.5, 0.6) is 0 Å². The van der Waals surface area contributed by atoms with E-state index >= 15 is 0 Å². The summed E-state index contributed by atoms with van der Waals surface area (Å²) in [7, 11) is 0. The van der Waals surface area contributed by atoms with Gasteiger partial charge in [0.05, 0.1) is 12.2 Å². The topological polar surface area (TPSA) is 83.8 Å². The Kier molecular flexibility index (Phi) is 3.43. The summed E-state index contributed by atoms with van der Waals surface area (Å²) in [4.78, 5) is 12.1. The summed E-state index contributed by atoms with van der Waals surface area (Å²) in [6.45, 7) is 2.09. The van der Waals surface area contributed by atoms with E-state index in [0.29, 0.717) is 6.54 Å². The molecule has 0 bridgehead atoms. The first-order valence-corrected chi connectivity index (χ1v) is 5.71. The molecule has 0 saturated carbocycles. The number of nitrogens with two attached hydrogens (primary N) is 1. The maximum Gasteiger partial charge on any atom is 0.244 e. The lowest BCUT2D eigenvalue weighted by atomic mass is 9.92. The van der Waals surface area contributed by atoms with E-state index in [1.807, 2.05) is 30.3 Å². The molecule has 0 saturated heterocycles. The molecule has 4 N–H and O–H groups in total. The Hall–Kier alpha value is -2.14. The van der Waals surface area contributed by atoms with Gasteiger partial charge in [0.15, 0.2) is 0 Å². The second-order valence-corrected chi connectivity index (χ2v) is 4.33. The molecule has 1 aromatic heterocycles. The van der Waals surface area contributed by atoms with E-state index in [-0.39, 0.29) is 5.91 Å². The van der Waals surface area contributed by atoms with Crippen LogP contribution in [-0.4, -0.2) is 16.1 Å². The van der Waals surface area contributed by atoms with Gasteiger partial charge >= 0.3 is 0 Å². The molecule has 0 spiro atoms. The summed E-state index contributed by atoms with van der Waals surface area (Å²) in [5.41, 5.74) is 6.67. The number of nitrogens with one attached hydrogen (secondary N) is 2. The van der Waals surface area contributed by atoms with Crippen LogP contribution in [0.1, 0.15) is 18.2 Å². The number of H-pyrrole nitrogens is 1. The van der Waals surface area contributed by atoms with Crippen molar-refractivity contribution in [2.75, 3.05) is 0 Å². The minimum atomic E-state index is -1.04. The first kappa shape index (κ1) is 12.3. The molecule has 1 aromatic carbocycles. The Balaban J connectivity index is 2.04. The third-order valence-corrected chi connectivity index (χ3v) is 2.84. The quantitative estimate of drug-likeness (QED) is 0.747. The lowest BCUT2D eigenvalue weighted by Crippen LogP contribution is -2.48. The molecule has 2 aromatic rings. The zero-order valence-electron chi connectivity index (χ0n) is 10.2. The van der Waals surface area contributed by atoms with Crippen LogP contribution in [0.3, 0.4) is 0 Å². The van der Waals surface area contributed by atoms with Crippen LogP contribution >= 0.6 is 0 Å². The smallest absolute Gasteiger partial charge is 0.244 e. The van der Waals surface area contributed by atoms with Crippen molar-refractivity contribution < 1.29 is 4.79 Å². The summed E-state index contributed by atoms with van der Waals surface area (Å²) >= 11 is 0. The normalized spacial score (nSPS) is 13.9. The third kappa shape index (κ3) is 2.57. The lowest BCUT2D eigenvalue weighted by Gasteiger charge is -2.23. The number of aromatic amines is 1. The van der Waals surface area contributed by atoms with E-state index in [9.17, 15) is 4.79 Å². The number of carbonyl (C=O) groups is 1. The predicted octanol–water partition coefficient (Wildman–Crippen LogP) is 0.900. The van der Waals surface area contributed by atoms with E-state index < -0.39 is 5.54 Å². The molecule has 94 valence electrons. The fourth-order valence-corrected chi connectivity index (χ4v) is 1.66. The number of nitrogens with zero attached hydrogens (tertiary/aromatic N) is 1. The van der Waals surface area contributed by atoms with E-state index in [2.05, 4.69) is 15.5 Å². The average molecular weight is 244 g/mol. The zero-order chi connectivity index (χ0) is 13.0. The minimum absolute atomic E-state index is 0.219. The molecule has 1 amide bonds. The predicted molar refractivity (Wildman–Crippen MR) is 68.4 cm³/mol. The highest BCUT2D eigenvalue weighted by Gasteiger charge is 2.29. The lowest BCUT2D eigenvalue weighted by molar-refractivity contribution is -0.126. The van der Waals surface area contributed by atoms with Crippen LogP contribution in [0.25, 0.3) is 0 Å². The van der Waals surface area contributed by atoms with Gasteiger partial charge in [-0.05, 0) is 18.6 Å². The molecule has 2 rings (SSSR count). The first-order chi connectivity index (χ1) is 8.60. The van der Waals surface area contributed by atoms with Crippen LogP contribution < -0.4 is 11.1 Å². The summed E-state index contributed by atoms with van der Waals surface area (Å²) < 4.78 is 0. The highest BCUT2D eigenvalue weighted by Crippen LogP contribution is 2.17. The Labute approximate surface area is 105 Å². The van der Waals surface area contributed by atoms with Crippen LogP contribution in [0.4, 0.5) is 0 Å². The molecular weight excluding hydrogens is 228 g/mol. The van der Waals surface area contributed by atoms with Crippen molar-refractivity contribution >= 4 is 5.91 Å². The number of benzene rings is 1. The number of hydrogen-bond acceptors (Lipinski definition) is 3. The van der Waals surface area contributed by atoms with Crippen LogP contribution in [0.15, 0.2) is 42.6 Å². The van der Waals surface area contributed by atoms with Crippen LogP contribution in [-0.2, 0) is 16.9 Å². The largest absolute Gasteiger partial charge is 0.349 e. The van der Waals surface area contributed by atoms with Gasteiger partial charge < -0.3 is 11.1 Å². The average Bonchev–Trinajstić information content (AvgIpc) is 2.90. The van der Waals surface area contributed by atoms with Crippen molar-refractivity contribution in [1.82, 2.24) is 15.5 Å². The van der Waals surface area contributed by atoms with E-state index in [1.54, 1.807) is 19.2 Å². The van der Waals surface area contributed by atoms with Crippen molar-refractivity contribution in [3.05, 3.63) is 53.9 Å². The van der Waals surface area contributed by atoms with Crippen molar-refractivity contribution in [3.63, 3.8) is 0 Å². The summed E-state index contributed by atoms with van der Waals surface area (Å²) in [6, 6.07) is 11.1. The molecule has 0 aliphatic rings. The molecule has 0 aliphatic heterocycles. The van der Waals surface area contributed by atoms with Gasteiger partial charge in [0.1, 0.15) is 5.54 Å². The fourth-order valence-electron chi connectivity index (χ4n) is 1.66. The third-order valence-electron chi connectivity index (χ3n) is 2.84. The van der Waals surface area contributed by atoms with E-state index in [0.717, 1.165) is 11.3 Å². The number of amides is 1. The van der Waals surface area contributed by atoms with E-state index in [1.165, 1.54) is 0 Å². The number of carbonyl (C=O) groups excluding carboxylic acids is 1. The first-order valence-electron chi connectivity index (χ1n) is 5.71. The standard InChI is InChI=1S/C13H16N4O/c1-13(14,10-5-3-2-4-6-10)12(18)15-9-11-7-8-16-17-11/h2-8H,9,14H2,1H3,(H,15,18)(H,16,17). The highest BCUT2D eigenvalue weighted by molar-refractivity contribution is 5.86. The maximum absolute atomic E-state index is 12.1. The molecule has 1 heterocycles. The molecule has 1 atom stereocenters. The molecular formula is C13H16N4O. The fraction of sp³-hybridized carbons (Fsp3) is 0.231. The molecule has 0 fully saturated rings. The van der Waals surface area contributed by atoms with Gasteiger partial charge in [-0.1, -0.05) is 30.3 Å². The Morgan fingerprint density at radius 3 is 2.72 bits per heavy atom. The zero-order valence-corrected chi connectivity index (χ0v) is 10.2. The summed E-state index contributed by atoms with van der Waals surface area (Å²) in [5, 5.41) is 9.38. The van der Waals surface area contributed by atoms with Crippen LogP contribution in [0.2, 0.25) is 0 Å². The van der Waals surface area contributed by atoms with Crippen molar-refractivity contribution in [1.29, 1.82) is 0 Å². The second-order valence-electron chi connectivity index (χ2n) is 4.33. The van der Waals surface area contributed by atoms with Crippen molar-refractivity contribution in [3.8, 4) is 0 Å². The molecule has 18 heavy (non-hydrogen) atoms. The molecule has 5 heteroatoms. The van der Waals surface area contributed by atoms with Crippen LogP contribution in [0, 0.1) is 0 Å². The van der Waals surface area contributed by atoms with E-state index in [4.69, 9.17) is 5.73 Å². The van der Waals surface area contributed by atoms with Gasteiger partial charge in [0, 0.05) is 6.20 Å². The number of aromatic nitrogens is 2. The van der Waals surface area contributed by atoms with Crippen molar-refractivity contribution in [2.45, 2.75) is 19.0 Å². The molecule has 0 radical (unpaired) electrons. The second kappa shape index (κ2) is 5.01. The highest BCUT2D eigenvalue weighted by atomic mass is 16.2. The van der Waals surface area contributed by atoms with Gasteiger partial charge in [-0.15, -0.1) is 0 Å². The number of hydrogen-bond donors (Lipinski definition) is 3. The molecule has 1 unspecified atom stereocenters. The van der Waals surface area contributed by atoms with Gasteiger partial charge in [0.25, 0.3) is 0 Å².